The smallest absolute Gasteiger partial charge is 0.0689 e. The van der Waals surface area contributed by atoms with Gasteiger partial charge in [-0.1, -0.05) is 27.7 Å². The van der Waals surface area contributed by atoms with Crippen LogP contribution in [0.5, 0.6) is 0 Å². The largest absolute Gasteiger partial charge is 0.356 e. The summed E-state index contributed by atoms with van der Waals surface area (Å²) < 4.78 is 0. The number of rotatable bonds is 0. The van der Waals surface area contributed by atoms with E-state index < -0.39 is 15.3 Å². The molecule has 0 aromatic carbocycles. The van der Waals surface area contributed by atoms with Gasteiger partial charge in [0.1, 0.15) is 0 Å². The summed E-state index contributed by atoms with van der Waals surface area (Å²) in [5, 5.41) is 44.2. The average molecular weight is 258 g/mol. The molecule has 12 heteroatoms. The van der Waals surface area contributed by atoms with Gasteiger partial charge in [-0.05, 0) is 5.41 Å². The lowest BCUT2D eigenvalue weighted by molar-refractivity contribution is -0.403. The van der Waals surface area contributed by atoms with Gasteiger partial charge in [0, 0.05) is 0 Å². The molecule has 0 unspecified atom stereocenters. The fourth-order valence-corrected chi connectivity index (χ4v) is 0. The van der Waals surface area contributed by atoms with Gasteiger partial charge in [-0.25, -0.2) is 0 Å². The Hall–Kier alpha value is -2.40. The predicted octanol–water partition coefficient (Wildman–Crippen LogP) is 1.34. The Kier molecular flexibility index (Phi) is 19.2. The third kappa shape index (κ3) is 318. The fraction of sp³-hybridized carbons (Fsp3) is 1.00. The quantitative estimate of drug-likeness (QED) is 0.453. The maximum atomic E-state index is 8.25. The lowest BCUT2D eigenvalue weighted by Crippen LogP contribution is -1.93. The Morgan fingerprint density at radius 1 is 0.588 bits per heavy atom. The molecule has 0 rings (SSSR count). The molecule has 0 N–H and O–H groups in total. The molecule has 0 amide bonds. The summed E-state index contributed by atoms with van der Waals surface area (Å²) in [4.78, 5) is 24.8. The second-order valence-electron chi connectivity index (χ2n) is 3.67. The van der Waals surface area contributed by atoms with Crippen LogP contribution < -0.4 is 0 Å². The molecular weight excluding hydrogens is 246 g/mol. The van der Waals surface area contributed by atoms with Gasteiger partial charge in [-0.3, -0.25) is 0 Å². The molecule has 0 saturated heterocycles. The highest BCUT2D eigenvalue weighted by molar-refractivity contribution is 4.47. The minimum absolute atomic E-state index is 0.500. The van der Waals surface area contributed by atoms with Gasteiger partial charge in [0.25, 0.3) is 0 Å². The van der Waals surface area contributed by atoms with Crippen molar-refractivity contribution < 1.29 is 15.3 Å². The van der Waals surface area contributed by atoms with E-state index in [1.54, 1.807) is 0 Å². The summed E-state index contributed by atoms with van der Waals surface area (Å²) in [6.45, 7) is 8.75. The van der Waals surface area contributed by atoms with E-state index in [2.05, 4.69) is 27.7 Å². The molecule has 0 spiro atoms. The van der Waals surface area contributed by atoms with Gasteiger partial charge in [0.15, 0.2) is 0 Å². The molecule has 0 heterocycles. The van der Waals surface area contributed by atoms with Crippen molar-refractivity contribution >= 4 is 0 Å². The first-order chi connectivity index (χ1) is 7.20. The van der Waals surface area contributed by atoms with Crippen molar-refractivity contribution in [3.8, 4) is 0 Å². The van der Waals surface area contributed by atoms with Crippen molar-refractivity contribution in [2.75, 3.05) is 0 Å². The van der Waals surface area contributed by atoms with Crippen LogP contribution in [0.1, 0.15) is 27.7 Å². The zero-order chi connectivity index (χ0) is 15.2. The highest BCUT2D eigenvalue weighted by atomic mass is 16.9. The summed E-state index contributed by atoms with van der Waals surface area (Å²) in [5.41, 5.74) is 0.500. The van der Waals surface area contributed by atoms with Gasteiger partial charge in [-0.2, -0.15) is 0 Å². The third-order valence-electron chi connectivity index (χ3n) is 0. The molecule has 0 aromatic rings. The first kappa shape index (κ1) is 24.0. The normalized spacial score (nSPS) is 7.76. The van der Waals surface area contributed by atoms with E-state index in [4.69, 9.17) is 46.0 Å². The SMILES string of the molecule is CC(C)(C)C.O=[N+]([O-])[O-].O=[N+]([O-])[O-].O=[N+]([O-])[O-]. The van der Waals surface area contributed by atoms with Crippen LogP contribution in [0.3, 0.4) is 0 Å². The first-order valence-corrected chi connectivity index (χ1v) is 3.64. The zero-order valence-electron chi connectivity index (χ0n) is 9.52. The van der Waals surface area contributed by atoms with Crippen molar-refractivity contribution in [2.45, 2.75) is 27.7 Å². The Morgan fingerprint density at radius 2 is 0.588 bits per heavy atom. The maximum absolute atomic E-state index is 8.25. The molecule has 12 nitrogen and oxygen atoms in total. The second-order valence-corrected chi connectivity index (χ2v) is 3.67. The van der Waals surface area contributed by atoms with Crippen LogP contribution in [0, 0.1) is 51.4 Å². The lowest BCUT2D eigenvalue weighted by atomic mass is 10.0. The van der Waals surface area contributed by atoms with Gasteiger partial charge < -0.3 is 46.0 Å². The summed E-state index contributed by atoms with van der Waals surface area (Å²) in [6.07, 6.45) is 0. The molecular formula is C5H12N3O9-3. The van der Waals surface area contributed by atoms with Gasteiger partial charge in [0.05, 0.1) is 15.3 Å². The van der Waals surface area contributed by atoms with Crippen LogP contribution in [-0.4, -0.2) is 15.3 Å². The highest BCUT2D eigenvalue weighted by Crippen LogP contribution is 2.07. The molecule has 0 aromatic heterocycles. The molecule has 0 bridgehead atoms. The number of nitrogens with zero attached hydrogens (tertiary/aromatic N) is 3. The summed E-state index contributed by atoms with van der Waals surface area (Å²) in [6, 6.07) is 0. The molecule has 17 heavy (non-hydrogen) atoms. The van der Waals surface area contributed by atoms with E-state index in [-0.39, 0.29) is 0 Å². The van der Waals surface area contributed by atoms with E-state index in [1.807, 2.05) is 0 Å². The molecule has 0 aliphatic carbocycles. The minimum atomic E-state index is -1.75. The van der Waals surface area contributed by atoms with Crippen LogP contribution in [-0.2, 0) is 0 Å². The van der Waals surface area contributed by atoms with Crippen molar-refractivity contribution in [2.24, 2.45) is 5.41 Å². The van der Waals surface area contributed by atoms with E-state index in [1.165, 1.54) is 0 Å². The Balaban J connectivity index is -0.0000000667. The van der Waals surface area contributed by atoms with Crippen LogP contribution >= 0.6 is 0 Å². The number of hydrogen-bond acceptors (Lipinski definition) is 9. The lowest BCUT2D eigenvalue weighted by Gasteiger charge is -2.05. The van der Waals surface area contributed by atoms with Crippen molar-refractivity contribution in [1.82, 2.24) is 0 Å². The third-order valence-corrected chi connectivity index (χ3v) is 0. The fourth-order valence-electron chi connectivity index (χ4n) is 0. The monoisotopic (exact) mass is 258 g/mol. The predicted molar refractivity (Wildman–Crippen MR) is 56.2 cm³/mol. The van der Waals surface area contributed by atoms with Crippen molar-refractivity contribution in [3.05, 3.63) is 46.0 Å². The standard InChI is InChI=1S/C5H12.3NO3/c1-5(2,3)4;3*2-1(3)4/h1-4H3;;;/q;3*-1. The van der Waals surface area contributed by atoms with E-state index in [9.17, 15) is 0 Å². The molecule has 0 radical (unpaired) electrons. The molecule has 0 aliphatic heterocycles. The summed E-state index contributed by atoms with van der Waals surface area (Å²) >= 11 is 0. The second kappa shape index (κ2) is 13.6. The highest BCUT2D eigenvalue weighted by Gasteiger charge is 1.95. The first-order valence-electron chi connectivity index (χ1n) is 3.64. The minimum Gasteiger partial charge on any atom is -0.356 e. The van der Waals surface area contributed by atoms with Crippen LogP contribution in [0.15, 0.2) is 0 Å². The molecule has 0 aliphatic rings. The topological polar surface area (TPSA) is 199 Å². The Labute approximate surface area is 95.4 Å². The van der Waals surface area contributed by atoms with Gasteiger partial charge in [-0.15, -0.1) is 0 Å². The van der Waals surface area contributed by atoms with Gasteiger partial charge >= 0.3 is 0 Å². The van der Waals surface area contributed by atoms with Crippen molar-refractivity contribution in [1.29, 1.82) is 0 Å². The molecule has 0 saturated carbocycles. The zero-order valence-corrected chi connectivity index (χ0v) is 9.52. The molecule has 0 fully saturated rings. The van der Waals surface area contributed by atoms with Crippen LogP contribution in [0.25, 0.3) is 0 Å². The Bertz CT molecular complexity index is 177. The summed E-state index contributed by atoms with van der Waals surface area (Å²) in [5.74, 6) is 0. The summed E-state index contributed by atoms with van der Waals surface area (Å²) in [7, 11) is 0. The van der Waals surface area contributed by atoms with Gasteiger partial charge in [0.2, 0.25) is 0 Å². The van der Waals surface area contributed by atoms with E-state index in [0.29, 0.717) is 5.41 Å². The van der Waals surface area contributed by atoms with E-state index in [0.717, 1.165) is 0 Å². The molecule has 104 valence electrons. The van der Waals surface area contributed by atoms with Crippen LogP contribution in [0.2, 0.25) is 0 Å². The Morgan fingerprint density at radius 3 is 0.588 bits per heavy atom. The maximum Gasteiger partial charge on any atom is 0.0689 e. The number of hydrogen-bond donors (Lipinski definition) is 0. The van der Waals surface area contributed by atoms with Crippen LogP contribution in [0.4, 0.5) is 0 Å². The van der Waals surface area contributed by atoms with Crippen molar-refractivity contribution in [3.63, 3.8) is 0 Å². The van der Waals surface area contributed by atoms with E-state index >= 15 is 0 Å². The average Bonchev–Trinajstić information content (AvgIpc) is 1.73. The molecule has 0 atom stereocenters.